The summed E-state index contributed by atoms with van der Waals surface area (Å²) in [6.07, 6.45) is 0. The Bertz CT molecular complexity index is 510. The summed E-state index contributed by atoms with van der Waals surface area (Å²) in [6.45, 7) is 0.805. The molecule has 0 bridgehead atoms. The van der Waals surface area contributed by atoms with Crippen LogP contribution in [0.4, 0.5) is 0 Å². The van der Waals surface area contributed by atoms with Crippen molar-refractivity contribution in [1.29, 1.82) is 0 Å². The van der Waals surface area contributed by atoms with Gasteiger partial charge < -0.3 is 14.6 Å². The van der Waals surface area contributed by atoms with Crippen LogP contribution in [0.15, 0.2) is 23.1 Å². The zero-order valence-electron chi connectivity index (χ0n) is 9.34. The summed E-state index contributed by atoms with van der Waals surface area (Å²) in [7, 11) is -4.34. The normalized spacial score (nSPS) is 10.5. The van der Waals surface area contributed by atoms with E-state index in [-0.39, 0.29) is 40.2 Å². The third-order valence-corrected chi connectivity index (χ3v) is 2.79. The molecule has 0 atom stereocenters. The Balaban J connectivity index is 0.00000256. The van der Waals surface area contributed by atoms with E-state index in [1.807, 2.05) is 0 Å². The molecule has 0 saturated carbocycles. The second-order valence-corrected chi connectivity index (χ2v) is 4.45. The van der Waals surface area contributed by atoms with Crippen LogP contribution < -0.4 is 39.4 Å². The summed E-state index contributed by atoms with van der Waals surface area (Å²) < 4.78 is 35.4. The van der Waals surface area contributed by atoms with Crippen LogP contribution in [0.3, 0.4) is 0 Å². The Morgan fingerprint density at radius 1 is 1.47 bits per heavy atom. The van der Waals surface area contributed by atoms with Crippen molar-refractivity contribution >= 4 is 16.1 Å². The zero-order chi connectivity index (χ0) is 12.3. The number of aliphatic carboxylic acids is 1. The van der Waals surface area contributed by atoms with Gasteiger partial charge in [0.05, 0.1) is 5.97 Å². The van der Waals surface area contributed by atoms with E-state index >= 15 is 0 Å². The van der Waals surface area contributed by atoms with E-state index in [4.69, 9.17) is 9.29 Å². The average Bonchev–Trinajstić information content (AvgIpc) is 2.14. The second-order valence-electron chi connectivity index (χ2n) is 3.06. The molecule has 1 rings (SSSR count). The molecule has 1 N–H and O–H groups in total. The third kappa shape index (κ3) is 5.05. The third-order valence-electron chi connectivity index (χ3n) is 1.79. The van der Waals surface area contributed by atoms with E-state index < -0.39 is 22.7 Å². The predicted molar refractivity (Wildman–Crippen MR) is 51.5 cm³/mol. The molecule has 0 aliphatic carbocycles. The van der Waals surface area contributed by atoms with Gasteiger partial charge >= 0.3 is 29.6 Å². The summed E-state index contributed by atoms with van der Waals surface area (Å²) in [5.74, 6) is -1.39. The van der Waals surface area contributed by atoms with E-state index in [1.165, 1.54) is 19.1 Å². The van der Waals surface area contributed by atoms with Crippen molar-refractivity contribution in [3.63, 3.8) is 0 Å². The zero-order valence-corrected chi connectivity index (χ0v) is 12.2. The number of carbonyl (C=O) groups excluding carboxylic acids is 1. The van der Waals surface area contributed by atoms with Gasteiger partial charge in [-0.25, -0.2) is 0 Å². The molecule has 0 aliphatic rings. The predicted octanol–water partition coefficient (Wildman–Crippen LogP) is -3.63. The van der Waals surface area contributed by atoms with Gasteiger partial charge in [0.25, 0.3) is 10.1 Å². The van der Waals surface area contributed by atoms with Crippen molar-refractivity contribution in [2.45, 2.75) is 11.8 Å². The van der Waals surface area contributed by atoms with Gasteiger partial charge in [-0.15, -0.1) is 0 Å². The minimum atomic E-state index is -4.34. The molecule has 8 heteroatoms. The van der Waals surface area contributed by atoms with Crippen molar-refractivity contribution in [1.82, 2.24) is 0 Å². The number of ether oxygens (including phenoxy) is 1. The number of aryl methyl sites for hydroxylation is 1. The molecule has 6 nitrogen and oxygen atoms in total. The Hall–Kier alpha value is -0.600. The van der Waals surface area contributed by atoms with Crippen molar-refractivity contribution < 1.29 is 57.2 Å². The maximum atomic E-state index is 10.9. The van der Waals surface area contributed by atoms with Gasteiger partial charge in [-0.1, -0.05) is 6.07 Å². The average molecular weight is 268 g/mol. The first kappa shape index (κ1) is 16.4. The van der Waals surface area contributed by atoms with E-state index in [2.05, 4.69) is 0 Å². The molecular weight excluding hydrogens is 259 g/mol. The quantitative estimate of drug-likeness (QED) is 0.446. The van der Waals surface area contributed by atoms with Crippen LogP contribution in [-0.4, -0.2) is 25.5 Å². The molecule has 1 aromatic carbocycles. The Morgan fingerprint density at radius 2 is 2.06 bits per heavy atom. The first-order valence-electron chi connectivity index (χ1n) is 4.21. The van der Waals surface area contributed by atoms with Gasteiger partial charge in [-0.05, 0) is 18.6 Å². The maximum Gasteiger partial charge on any atom is 1.00 e. The molecule has 17 heavy (non-hydrogen) atoms. The van der Waals surface area contributed by atoms with Crippen LogP contribution >= 0.6 is 0 Å². The van der Waals surface area contributed by atoms with E-state index in [0.29, 0.717) is 5.56 Å². The monoisotopic (exact) mass is 268 g/mol. The minimum absolute atomic E-state index is 0. The largest absolute Gasteiger partial charge is 1.00 e. The van der Waals surface area contributed by atoms with Crippen LogP contribution in [0.2, 0.25) is 0 Å². The molecule has 0 heterocycles. The van der Waals surface area contributed by atoms with E-state index in [1.54, 1.807) is 0 Å². The number of benzene rings is 1. The van der Waals surface area contributed by atoms with Gasteiger partial charge in [-0.3, -0.25) is 4.55 Å². The first-order chi connectivity index (χ1) is 7.30. The van der Waals surface area contributed by atoms with Gasteiger partial charge in [0.1, 0.15) is 17.3 Å². The standard InChI is InChI=1S/C9H10O6S.Na/c1-6-2-3-7(15-5-9(10)11)4-8(6)16(12,13)14;/h2-4H,5H2,1H3,(H,10,11)(H,12,13,14);/q;+1/p-1. The molecule has 88 valence electrons. The van der Waals surface area contributed by atoms with E-state index in [9.17, 15) is 18.3 Å². The fourth-order valence-corrected chi connectivity index (χ4v) is 1.83. The van der Waals surface area contributed by atoms with Crippen LogP contribution in [-0.2, 0) is 14.9 Å². The Morgan fingerprint density at radius 3 is 2.53 bits per heavy atom. The number of rotatable bonds is 4. The smallest absolute Gasteiger partial charge is 0.546 e. The minimum Gasteiger partial charge on any atom is -0.546 e. The summed E-state index contributed by atoms with van der Waals surface area (Å²) in [5.41, 5.74) is 0.336. The maximum absolute atomic E-state index is 10.9. The summed E-state index contributed by atoms with van der Waals surface area (Å²) in [4.78, 5) is 9.80. The Labute approximate surface area is 121 Å². The molecule has 0 amide bonds. The number of carboxylic acid groups (broad SMARTS) is 1. The van der Waals surface area contributed by atoms with Gasteiger partial charge in [0.15, 0.2) is 0 Å². The topological polar surface area (TPSA) is 104 Å². The van der Waals surface area contributed by atoms with Crippen LogP contribution in [0.1, 0.15) is 5.56 Å². The first-order valence-corrected chi connectivity index (χ1v) is 5.65. The Kier molecular flexibility index (Phi) is 6.14. The fourth-order valence-electron chi connectivity index (χ4n) is 1.09. The van der Waals surface area contributed by atoms with Gasteiger partial charge in [-0.2, -0.15) is 8.42 Å². The number of hydrogen-bond acceptors (Lipinski definition) is 5. The van der Waals surface area contributed by atoms with Crippen LogP contribution in [0.25, 0.3) is 0 Å². The van der Waals surface area contributed by atoms with Gasteiger partial charge in [0, 0.05) is 6.07 Å². The number of carboxylic acids is 1. The molecule has 0 aliphatic heterocycles. The molecule has 1 aromatic rings. The van der Waals surface area contributed by atoms with Crippen molar-refractivity contribution in [3.8, 4) is 5.75 Å². The summed E-state index contributed by atoms with van der Waals surface area (Å²) in [5, 5.41) is 10.1. The van der Waals surface area contributed by atoms with Crippen molar-refractivity contribution in [2.75, 3.05) is 6.61 Å². The number of carbonyl (C=O) groups is 1. The van der Waals surface area contributed by atoms with Crippen molar-refractivity contribution in [2.24, 2.45) is 0 Å². The molecule has 0 fully saturated rings. The number of hydrogen-bond donors (Lipinski definition) is 1. The second kappa shape index (κ2) is 6.36. The fraction of sp³-hybridized carbons (Fsp3) is 0.222. The van der Waals surface area contributed by atoms with Gasteiger partial charge in [0.2, 0.25) is 0 Å². The molecule has 0 saturated heterocycles. The summed E-state index contributed by atoms with van der Waals surface area (Å²) in [6, 6.07) is 3.84. The van der Waals surface area contributed by atoms with Crippen molar-refractivity contribution in [3.05, 3.63) is 23.8 Å². The molecule has 0 aromatic heterocycles. The molecule has 0 radical (unpaired) electrons. The van der Waals surface area contributed by atoms with Crippen LogP contribution in [0.5, 0.6) is 5.75 Å². The van der Waals surface area contributed by atoms with E-state index in [0.717, 1.165) is 6.07 Å². The van der Waals surface area contributed by atoms with Crippen LogP contribution in [0, 0.1) is 6.92 Å². The summed E-state index contributed by atoms with van der Waals surface area (Å²) >= 11 is 0. The molecule has 0 unspecified atom stereocenters. The SMILES string of the molecule is Cc1ccc(OCC(=O)[O-])cc1S(=O)(=O)O.[Na+]. The molecular formula is C9H9NaO6S. The molecule has 0 spiro atoms.